The van der Waals surface area contributed by atoms with Crippen LogP contribution in [0.25, 0.3) is 15.3 Å². The van der Waals surface area contributed by atoms with Crippen LogP contribution in [0.15, 0.2) is 57.5 Å². The third kappa shape index (κ3) is 2.89. The van der Waals surface area contributed by atoms with E-state index in [9.17, 15) is 9.90 Å². The molecule has 0 fully saturated rings. The molecule has 0 aliphatic rings. The lowest BCUT2D eigenvalue weighted by Crippen LogP contribution is -2.13. The number of nitrogens with one attached hydrogen (secondary N) is 1. The summed E-state index contributed by atoms with van der Waals surface area (Å²) >= 11 is 7.34. The van der Waals surface area contributed by atoms with Crippen molar-refractivity contribution in [2.24, 2.45) is 10.2 Å². The number of phenols is 1. The van der Waals surface area contributed by atoms with Gasteiger partial charge in [0.1, 0.15) is 11.4 Å². The smallest absolute Gasteiger partial charge is 0.301 e. The number of hydrogen-bond donors (Lipinski definition) is 2. The number of H-pyrrole nitrogens is 1. The Hall–Kier alpha value is -2.97. The lowest BCUT2D eigenvalue weighted by molar-refractivity contribution is 0.476. The number of aromatic nitrogens is 3. The highest BCUT2D eigenvalue weighted by Crippen LogP contribution is 2.29. The van der Waals surface area contributed by atoms with Crippen LogP contribution in [0.4, 0.5) is 11.4 Å². The van der Waals surface area contributed by atoms with Crippen molar-refractivity contribution in [3.05, 3.63) is 63.5 Å². The first-order chi connectivity index (χ1) is 12.5. The Balaban J connectivity index is 1.76. The molecule has 0 aliphatic heterocycles. The molecule has 0 amide bonds. The normalized spacial score (nSPS) is 11.6. The van der Waals surface area contributed by atoms with Gasteiger partial charge in [0.15, 0.2) is 5.69 Å². The fraction of sp³-hybridized carbons (Fsp3) is 0.0588. The molecule has 26 heavy (non-hydrogen) atoms. The molecular weight excluding hydrogens is 374 g/mol. The van der Waals surface area contributed by atoms with E-state index in [-0.39, 0.29) is 22.7 Å². The number of nitrogens with zero attached hydrogens (tertiary/aromatic N) is 4. The highest BCUT2D eigenvalue weighted by Gasteiger charge is 2.15. The van der Waals surface area contributed by atoms with Crippen LogP contribution < -0.4 is 5.56 Å². The molecule has 2 aromatic heterocycles. The van der Waals surface area contributed by atoms with Crippen molar-refractivity contribution >= 4 is 44.5 Å². The van der Waals surface area contributed by atoms with E-state index >= 15 is 0 Å². The van der Waals surface area contributed by atoms with E-state index in [1.807, 2.05) is 0 Å². The number of azo groups is 1. The topological polar surface area (TPSA) is 95.6 Å². The first-order valence-electron chi connectivity index (χ1n) is 7.61. The predicted octanol–water partition coefficient (Wildman–Crippen LogP) is 4.86. The largest absolute Gasteiger partial charge is 0.506 e. The van der Waals surface area contributed by atoms with Crippen molar-refractivity contribution in [3.63, 3.8) is 0 Å². The van der Waals surface area contributed by atoms with Crippen molar-refractivity contribution < 1.29 is 5.11 Å². The van der Waals surface area contributed by atoms with E-state index in [0.717, 1.165) is 10.2 Å². The summed E-state index contributed by atoms with van der Waals surface area (Å²) in [4.78, 5) is 17.1. The molecule has 4 aromatic rings. The molecule has 0 saturated heterocycles. The maximum absolute atomic E-state index is 12.7. The molecule has 2 N–H and O–H groups in total. The second-order valence-electron chi connectivity index (χ2n) is 5.52. The Morgan fingerprint density at radius 1 is 1.23 bits per heavy atom. The molecule has 0 unspecified atom stereocenters. The molecule has 2 aromatic carbocycles. The Kier molecular flexibility index (Phi) is 4.06. The predicted molar refractivity (Wildman–Crippen MR) is 102 cm³/mol. The van der Waals surface area contributed by atoms with Crippen LogP contribution in [0.2, 0.25) is 5.02 Å². The highest BCUT2D eigenvalue weighted by molar-refractivity contribution is 7.20. The molecule has 0 bridgehead atoms. The molecule has 0 radical (unpaired) electrons. The molecule has 0 atom stereocenters. The van der Waals surface area contributed by atoms with Crippen LogP contribution in [-0.2, 0) is 0 Å². The van der Waals surface area contributed by atoms with Gasteiger partial charge >= 0.3 is 5.56 Å². The van der Waals surface area contributed by atoms with Crippen LogP contribution in [0.3, 0.4) is 0 Å². The Morgan fingerprint density at radius 3 is 2.85 bits per heavy atom. The fourth-order valence-electron chi connectivity index (χ4n) is 2.42. The molecule has 4 rings (SSSR count). The lowest BCUT2D eigenvalue weighted by atomic mass is 10.3. The number of rotatable bonds is 3. The fourth-order valence-corrected chi connectivity index (χ4v) is 3.63. The maximum atomic E-state index is 12.7. The summed E-state index contributed by atoms with van der Waals surface area (Å²) in [5, 5.41) is 21.8. The van der Waals surface area contributed by atoms with Crippen LogP contribution in [0, 0.1) is 6.92 Å². The van der Waals surface area contributed by atoms with E-state index < -0.39 is 0 Å². The van der Waals surface area contributed by atoms with Gasteiger partial charge in [0.05, 0.1) is 15.9 Å². The maximum Gasteiger partial charge on any atom is 0.301 e. The molecular formula is C17H12ClN5O2S. The van der Waals surface area contributed by atoms with Crippen molar-refractivity contribution in [2.45, 2.75) is 6.92 Å². The first-order valence-corrected chi connectivity index (χ1v) is 8.80. The summed E-state index contributed by atoms with van der Waals surface area (Å²) in [5.41, 5.74) is 1.38. The minimum atomic E-state index is -0.369. The molecule has 130 valence electrons. The summed E-state index contributed by atoms with van der Waals surface area (Å²) in [6.07, 6.45) is 0. The third-order valence-electron chi connectivity index (χ3n) is 3.71. The number of phenolic OH excluding ortho intramolecular Hbond substituents is 1. The van der Waals surface area contributed by atoms with E-state index in [1.54, 1.807) is 43.3 Å². The first kappa shape index (κ1) is 16.5. The lowest BCUT2D eigenvalue weighted by Gasteiger charge is -1.94. The number of aryl methyl sites for hydroxylation is 1. The van der Waals surface area contributed by atoms with Gasteiger partial charge in [0, 0.05) is 5.02 Å². The monoisotopic (exact) mass is 385 g/mol. The summed E-state index contributed by atoms with van der Waals surface area (Å²) < 4.78 is 2.21. The summed E-state index contributed by atoms with van der Waals surface area (Å²) in [5.74, 6) is -0.00665. The zero-order valence-corrected chi connectivity index (χ0v) is 15.0. The van der Waals surface area contributed by atoms with Gasteiger partial charge in [-0.05, 0) is 37.3 Å². The van der Waals surface area contributed by atoms with Crippen LogP contribution in [0.5, 0.6) is 5.75 Å². The Morgan fingerprint density at radius 2 is 2.04 bits per heavy atom. The van der Waals surface area contributed by atoms with Gasteiger partial charge < -0.3 is 5.11 Å². The average molecular weight is 386 g/mol. The standard InChI is InChI=1S/C17H12ClN5O2S/c1-9-15(21-20-11-4-2-3-5-13(11)24)16(25)23(22-9)17-19-12-7-6-10(18)8-14(12)26-17/h2-8,22,24H,1H3. The van der Waals surface area contributed by atoms with Crippen LogP contribution in [0.1, 0.15) is 5.69 Å². The zero-order valence-electron chi connectivity index (χ0n) is 13.5. The SMILES string of the molecule is Cc1[nH]n(-c2nc3ccc(Cl)cc3s2)c(=O)c1N=Nc1ccccc1O. The van der Waals surface area contributed by atoms with Gasteiger partial charge in [0.25, 0.3) is 0 Å². The molecule has 0 aliphatic carbocycles. The number of thiazole rings is 1. The van der Waals surface area contributed by atoms with E-state index in [2.05, 4.69) is 20.3 Å². The number of para-hydroxylation sites is 1. The van der Waals surface area contributed by atoms with Gasteiger partial charge in [-0.15, -0.1) is 10.2 Å². The van der Waals surface area contributed by atoms with Crippen molar-refractivity contribution in [1.29, 1.82) is 0 Å². The molecule has 7 nitrogen and oxygen atoms in total. The Bertz CT molecular complexity index is 1210. The quantitative estimate of drug-likeness (QED) is 0.493. The summed E-state index contributed by atoms with van der Waals surface area (Å²) in [6, 6.07) is 11.9. The number of halogens is 1. The number of benzene rings is 2. The minimum Gasteiger partial charge on any atom is -0.506 e. The number of fused-ring (bicyclic) bond motifs is 1. The second kappa shape index (κ2) is 6.40. The number of aromatic hydroxyl groups is 1. The van der Waals surface area contributed by atoms with Crippen LogP contribution >= 0.6 is 22.9 Å². The molecule has 0 spiro atoms. The van der Waals surface area contributed by atoms with Crippen molar-refractivity contribution in [1.82, 2.24) is 14.8 Å². The zero-order chi connectivity index (χ0) is 18.3. The summed E-state index contributed by atoms with van der Waals surface area (Å²) in [7, 11) is 0. The second-order valence-corrected chi connectivity index (χ2v) is 6.97. The van der Waals surface area contributed by atoms with Crippen molar-refractivity contribution in [3.8, 4) is 10.9 Å². The molecule has 0 saturated carbocycles. The average Bonchev–Trinajstić information content (AvgIpc) is 3.15. The van der Waals surface area contributed by atoms with E-state index in [0.29, 0.717) is 15.8 Å². The van der Waals surface area contributed by atoms with Crippen molar-refractivity contribution in [2.75, 3.05) is 0 Å². The number of hydrogen-bond acceptors (Lipinski definition) is 6. The van der Waals surface area contributed by atoms with Gasteiger partial charge in [-0.2, -0.15) is 4.68 Å². The van der Waals surface area contributed by atoms with E-state index in [1.165, 1.54) is 22.1 Å². The van der Waals surface area contributed by atoms with Crippen LogP contribution in [-0.4, -0.2) is 19.9 Å². The Labute approximate surface area is 156 Å². The highest BCUT2D eigenvalue weighted by atomic mass is 35.5. The molecule has 2 heterocycles. The third-order valence-corrected chi connectivity index (χ3v) is 4.95. The van der Waals surface area contributed by atoms with Gasteiger partial charge in [0.2, 0.25) is 5.13 Å². The van der Waals surface area contributed by atoms with Gasteiger partial charge in [-0.25, -0.2) is 4.98 Å². The van der Waals surface area contributed by atoms with Gasteiger partial charge in [-0.1, -0.05) is 35.1 Å². The van der Waals surface area contributed by atoms with Gasteiger partial charge in [-0.3, -0.25) is 9.89 Å². The summed E-state index contributed by atoms with van der Waals surface area (Å²) in [6.45, 7) is 1.72. The number of aromatic amines is 1. The minimum absolute atomic E-state index is 0.00665. The van der Waals surface area contributed by atoms with E-state index in [4.69, 9.17) is 11.6 Å². The molecule has 9 heteroatoms.